The first kappa shape index (κ1) is 74.4. The van der Waals surface area contributed by atoms with Crippen LogP contribution in [-0.2, 0) is 0 Å². The molecule has 18 aromatic carbocycles. The maximum atomic E-state index is 5.37. The van der Waals surface area contributed by atoms with Crippen LogP contribution in [0.2, 0.25) is 0 Å². The first-order valence-corrected chi connectivity index (χ1v) is 44.9. The van der Waals surface area contributed by atoms with Gasteiger partial charge in [-0.25, -0.2) is 15.0 Å². The fourth-order valence-electron chi connectivity index (χ4n) is 21.2. The average Bonchev–Trinajstić information content (AvgIpc) is 1.57. The fraction of sp³-hybridized carbons (Fsp3) is 0. The van der Waals surface area contributed by atoms with Crippen LogP contribution in [0.15, 0.2) is 462 Å². The fourth-order valence-corrected chi connectivity index (χ4v) is 21.2. The van der Waals surface area contributed by atoms with E-state index >= 15 is 0 Å². The quantitative estimate of drug-likeness (QED) is 0.109. The molecule has 0 aliphatic carbocycles. The van der Waals surface area contributed by atoms with Crippen molar-refractivity contribution >= 4 is 131 Å². The van der Waals surface area contributed by atoms with Crippen LogP contribution in [0.25, 0.3) is 254 Å². The molecule has 0 bridgehead atoms. The molecule has 132 heavy (non-hydrogen) atoms. The molecule has 10 heteroatoms. The molecule has 0 aliphatic heterocycles. The molecule has 9 aromatic heterocycles. The molecule has 0 saturated heterocycles. The molecule has 0 fully saturated rings. The maximum Gasteiger partial charge on any atom is 0.116 e. The average molecular weight is 1680 g/mol. The normalized spacial score (nSPS) is 11.9. The van der Waals surface area contributed by atoms with Crippen molar-refractivity contribution in [3.05, 3.63) is 462 Å². The van der Waals surface area contributed by atoms with Crippen LogP contribution < -0.4 is 0 Å². The first-order chi connectivity index (χ1) is 65.4. The zero-order valence-corrected chi connectivity index (χ0v) is 71.4. The molecule has 0 saturated carbocycles. The van der Waals surface area contributed by atoms with Gasteiger partial charge in [0.2, 0.25) is 0 Å². The zero-order chi connectivity index (χ0) is 86.6. The molecule has 27 aromatic rings. The highest BCUT2D eigenvalue weighted by Crippen LogP contribution is 2.45. The molecule has 0 N–H and O–H groups in total. The number of fused-ring (bicyclic) bond motifs is 18. The lowest BCUT2D eigenvalue weighted by atomic mass is 10.0. The molecule has 614 valence electrons. The van der Waals surface area contributed by atoms with E-state index in [9.17, 15) is 0 Å². The molecule has 0 aliphatic rings. The summed E-state index contributed by atoms with van der Waals surface area (Å²) in [6.45, 7) is 0. The molecule has 27 rings (SSSR count). The van der Waals surface area contributed by atoms with Gasteiger partial charge in [0.05, 0.1) is 89.0 Å². The van der Waals surface area contributed by atoms with Crippen LogP contribution in [0, 0.1) is 0 Å². The van der Waals surface area contributed by atoms with Crippen molar-refractivity contribution in [3.8, 4) is 124 Å². The summed E-state index contributed by atoms with van der Waals surface area (Å²) in [5.74, 6) is 0. The summed E-state index contributed by atoms with van der Waals surface area (Å²) in [7, 11) is 0. The van der Waals surface area contributed by atoms with E-state index in [1.165, 1.54) is 86.7 Å². The van der Waals surface area contributed by atoms with Gasteiger partial charge in [-0.3, -0.25) is 4.98 Å². The standard InChI is InChI=1S/C122H76N10/c1-9-46-111-95(36-1)96-37-2-10-47-112(96)127(111)91-32-19-26-83(65-91)107-44-23-45-108(126-107)84-27-20-33-92(66-84)131-117-52-15-7-42-101(117)105-71-81(56-60-121(105)131)79-54-58-119-103(69-79)99-40-5-13-50-115(99)129(119)89-30-17-24-77(63-89)87-62-88(75-123-74-87)78-25-18-31-90(64-78)130-116-51-14-6-41-100(116)104-70-80(55-59-120(104)130)82-57-61-122-106(72-82)102-43-8-16-53-118(102)132(122)94-35-22-29-86(68-94)110-73-109(124-76-125-110)85-28-21-34-93(67-85)128-113-48-11-3-38-97(113)98-39-4-12-49-114(98)128/h1-76H. The third kappa shape index (κ3) is 12.0. The molecule has 0 spiro atoms. The Morgan fingerprint density at radius 1 is 0.136 bits per heavy atom. The van der Waals surface area contributed by atoms with E-state index in [0.29, 0.717) is 0 Å². The zero-order valence-electron chi connectivity index (χ0n) is 71.4. The highest BCUT2D eigenvalue weighted by molar-refractivity contribution is 6.17. The van der Waals surface area contributed by atoms with E-state index in [1.54, 1.807) is 6.33 Å². The Bertz CT molecular complexity index is 8830. The second-order valence-corrected chi connectivity index (χ2v) is 34.5. The highest BCUT2D eigenvalue weighted by Gasteiger charge is 2.24. The number of benzene rings is 18. The smallest absolute Gasteiger partial charge is 0.116 e. The molecule has 0 amide bonds. The van der Waals surface area contributed by atoms with Crippen molar-refractivity contribution < 1.29 is 0 Å². The van der Waals surface area contributed by atoms with Crippen LogP contribution in [0.5, 0.6) is 0 Å². The van der Waals surface area contributed by atoms with E-state index < -0.39 is 0 Å². The number of pyridine rings is 2. The Balaban J connectivity index is 0.468. The van der Waals surface area contributed by atoms with Gasteiger partial charge in [-0.05, 0) is 228 Å². The van der Waals surface area contributed by atoms with E-state index in [0.717, 1.165) is 168 Å². The topological polar surface area (TPSA) is 81.1 Å². The summed E-state index contributed by atoms with van der Waals surface area (Å²) in [5, 5.41) is 14.5. The third-order valence-electron chi connectivity index (χ3n) is 27.1. The van der Waals surface area contributed by atoms with Crippen LogP contribution in [0.4, 0.5) is 0 Å². The van der Waals surface area contributed by atoms with Gasteiger partial charge < -0.3 is 27.4 Å². The number of nitrogens with zero attached hydrogens (tertiary/aromatic N) is 10. The SMILES string of the molecule is c1cc(-c2cncc(-c3cccc(-n4c5ccccc5c5cc(-c6ccc7c(c6)c6ccccc6n7-c6cccc(-c7cccc(-c8cccc(-n9c%10ccccc%10c%10ccccc%109)c8)n7)c6)ccc54)c3)c2)cc(-n2c3ccccc3c3cc(-c4ccc5c(c4)c4ccccc4n5-c4cccc(-c5cc(-c6cccc(-n7c8ccccc8c8ccccc87)c6)ncn5)c4)ccc32)c1. The van der Waals surface area contributed by atoms with E-state index in [2.05, 4.69) is 470 Å². The lowest BCUT2D eigenvalue weighted by molar-refractivity contribution is 1.15. The van der Waals surface area contributed by atoms with Gasteiger partial charge in [0.25, 0.3) is 0 Å². The minimum atomic E-state index is 0.853. The largest absolute Gasteiger partial charge is 0.309 e. The van der Waals surface area contributed by atoms with Crippen LogP contribution in [0.3, 0.4) is 0 Å². The second kappa shape index (κ2) is 29.9. The molecule has 0 unspecified atom stereocenters. The van der Waals surface area contributed by atoms with Gasteiger partial charge in [-0.1, -0.05) is 249 Å². The summed E-state index contributed by atoms with van der Waals surface area (Å²) in [4.78, 5) is 20.1. The minimum Gasteiger partial charge on any atom is -0.309 e. The van der Waals surface area contributed by atoms with E-state index in [1.807, 2.05) is 12.4 Å². The van der Waals surface area contributed by atoms with Gasteiger partial charge >= 0.3 is 0 Å². The highest BCUT2D eigenvalue weighted by atomic mass is 15.0. The summed E-state index contributed by atoms with van der Waals surface area (Å²) in [6.07, 6.45) is 5.68. The van der Waals surface area contributed by atoms with Gasteiger partial charge in [0, 0.05) is 145 Å². The Kier molecular flexibility index (Phi) is 16.9. The summed E-state index contributed by atoms with van der Waals surface area (Å²) < 4.78 is 14.3. The summed E-state index contributed by atoms with van der Waals surface area (Å²) in [5.41, 5.74) is 36.8. The molecule has 10 nitrogen and oxygen atoms in total. The minimum absolute atomic E-state index is 0.853. The lowest BCUT2D eigenvalue weighted by Gasteiger charge is -2.13. The number of aromatic nitrogens is 10. The van der Waals surface area contributed by atoms with Gasteiger partial charge in [-0.15, -0.1) is 0 Å². The van der Waals surface area contributed by atoms with E-state index in [4.69, 9.17) is 19.9 Å². The molecule has 9 heterocycles. The summed E-state index contributed by atoms with van der Waals surface area (Å²) >= 11 is 0. The Labute approximate surface area is 758 Å². The van der Waals surface area contributed by atoms with Crippen molar-refractivity contribution in [3.63, 3.8) is 0 Å². The number of hydrogen-bond acceptors (Lipinski definition) is 4. The lowest BCUT2D eigenvalue weighted by Crippen LogP contribution is -1.96. The summed E-state index contributed by atoms with van der Waals surface area (Å²) in [6, 6.07) is 161. The number of hydrogen-bond donors (Lipinski definition) is 0. The molecular formula is C122H76N10. The van der Waals surface area contributed by atoms with Crippen molar-refractivity contribution in [1.29, 1.82) is 0 Å². The van der Waals surface area contributed by atoms with Gasteiger partial charge in [-0.2, -0.15) is 0 Å². The molecule has 0 radical (unpaired) electrons. The van der Waals surface area contributed by atoms with Gasteiger partial charge in [0.1, 0.15) is 6.33 Å². The number of para-hydroxylation sites is 8. The molecular weight excluding hydrogens is 1610 g/mol. The van der Waals surface area contributed by atoms with Crippen molar-refractivity contribution in [2.45, 2.75) is 0 Å². The predicted octanol–water partition coefficient (Wildman–Crippen LogP) is 31.2. The monoisotopic (exact) mass is 1680 g/mol. The van der Waals surface area contributed by atoms with Crippen LogP contribution in [0.1, 0.15) is 0 Å². The van der Waals surface area contributed by atoms with Crippen molar-refractivity contribution in [2.24, 2.45) is 0 Å². The Morgan fingerprint density at radius 3 is 0.621 bits per heavy atom. The third-order valence-corrected chi connectivity index (χ3v) is 27.1. The Morgan fingerprint density at radius 2 is 0.348 bits per heavy atom. The van der Waals surface area contributed by atoms with Crippen LogP contribution in [-0.4, -0.2) is 47.3 Å². The maximum absolute atomic E-state index is 5.37. The first-order valence-electron chi connectivity index (χ1n) is 44.9. The van der Waals surface area contributed by atoms with E-state index in [-0.39, 0.29) is 0 Å². The second-order valence-electron chi connectivity index (χ2n) is 34.5. The predicted molar refractivity (Wildman–Crippen MR) is 547 cm³/mol. The Hall–Kier alpha value is -17.9. The van der Waals surface area contributed by atoms with Crippen molar-refractivity contribution in [1.82, 2.24) is 47.3 Å². The van der Waals surface area contributed by atoms with Gasteiger partial charge in [0.15, 0.2) is 0 Å². The van der Waals surface area contributed by atoms with Crippen LogP contribution >= 0.6 is 0 Å². The van der Waals surface area contributed by atoms with Crippen molar-refractivity contribution in [2.75, 3.05) is 0 Å². The number of rotatable bonds is 14. The molecule has 0 atom stereocenters.